The molecule has 1 N–H and O–H groups in total. The molecule has 23 heavy (non-hydrogen) atoms. The van der Waals surface area contributed by atoms with Crippen molar-refractivity contribution in [1.82, 2.24) is 4.98 Å². The Kier molecular flexibility index (Phi) is 4.53. The third-order valence-corrected chi connectivity index (χ3v) is 4.73. The molecule has 3 nitrogen and oxygen atoms in total. The van der Waals surface area contributed by atoms with Crippen molar-refractivity contribution in [3.05, 3.63) is 70.9 Å². The molecule has 0 unspecified atom stereocenters. The van der Waals surface area contributed by atoms with Gasteiger partial charge in [-0.1, -0.05) is 48.0 Å². The Labute approximate surface area is 140 Å². The van der Waals surface area contributed by atoms with Crippen LogP contribution < -0.4 is 5.32 Å². The van der Waals surface area contributed by atoms with Crippen molar-refractivity contribution in [2.24, 2.45) is 0 Å². The van der Waals surface area contributed by atoms with E-state index >= 15 is 0 Å². The number of nitrogens with zero attached hydrogens (tertiary/aromatic N) is 1. The molecule has 1 heterocycles. The number of amides is 1. The normalized spacial score (nSPS) is 10.5. The Morgan fingerprint density at radius 3 is 2.43 bits per heavy atom. The van der Waals surface area contributed by atoms with Gasteiger partial charge in [0.15, 0.2) is 0 Å². The molecule has 0 aliphatic rings. The molecule has 0 aliphatic carbocycles. The fourth-order valence-electron chi connectivity index (χ4n) is 2.36. The van der Waals surface area contributed by atoms with E-state index in [9.17, 15) is 4.79 Å². The van der Waals surface area contributed by atoms with E-state index < -0.39 is 0 Å². The molecule has 1 amide bonds. The van der Waals surface area contributed by atoms with Crippen molar-refractivity contribution in [3.63, 3.8) is 0 Å². The summed E-state index contributed by atoms with van der Waals surface area (Å²) in [6.07, 6.45) is 0.298. The number of carbonyl (C=O) groups is 1. The van der Waals surface area contributed by atoms with Crippen molar-refractivity contribution in [3.8, 4) is 10.4 Å². The summed E-state index contributed by atoms with van der Waals surface area (Å²) in [5.41, 5.74) is 4.11. The minimum Gasteiger partial charge on any atom is -0.326 e. The van der Waals surface area contributed by atoms with Gasteiger partial charge in [-0.15, -0.1) is 11.3 Å². The number of aryl methyl sites for hydroxylation is 2. The van der Waals surface area contributed by atoms with Crippen molar-refractivity contribution in [2.75, 3.05) is 5.32 Å². The number of hydrogen-bond acceptors (Lipinski definition) is 3. The fraction of sp³-hybridized carbons (Fsp3) is 0.158. The quantitative estimate of drug-likeness (QED) is 0.762. The maximum atomic E-state index is 12.2. The zero-order valence-corrected chi connectivity index (χ0v) is 14.0. The Balaban J connectivity index is 1.71. The molecule has 1 aromatic heterocycles. The largest absolute Gasteiger partial charge is 0.326 e. The number of rotatable bonds is 4. The van der Waals surface area contributed by atoms with E-state index in [-0.39, 0.29) is 5.91 Å². The van der Waals surface area contributed by atoms with Gasteiger partial charge in [0.2, 0.25) is 5.91 Å². The van der Waals surface area contributed by atoms with E-state index in [4.69, 9.17) is 0 Å². The summed E-state index contributed by atoms with van der Waals surface area (Å²) in [6.45, 7) is 4.01. The van der Waals surface area contributed by atoms with Gasteiger partial charge in [-0.05, 0) is 31.5 Å². The number of carbonyl (C=O) groups excluding carboxylic acids is 1. The third kappa shape index (κ3) is 3.85. The first-order chi connectivity index (χ1) is 11.1. The molecule has 0 atom stereocenters. The van der Waals surface area contributed by atoms with Crippen LogP contribution in [0.5, 0.6) is 0 Å². The number of nitrogens with one attached hydrogen (secondary N) is 1. The first-order valence-electron chi connectivity index (χ1n) is 7.50. The van der Waals surface area contributed by atoms with Crippen molar-refractivity contribution in [2.45, 2.75) is 20.3 Å². The topological polar surface area (TPSA) is 42.0 Å². The number of hydrogen-bond donors (Lipinski definition) is 1. The van der Waals surface area contributed by atoms with Gasteiger partial charge >= 0.3 is 0 Å². The first kappa shape index (κ1) is 15.4. The molecule has 0 radical (unpaired) electrons. The highest BCUT2D eigenvalue weighted by Gasteiger charge is 2.12. The van der Waals surface area contributed by atoms with Crippen molar-refractivity contribution >= 4 is 22.9 Å². The third-order valence-electron chi connectivity index (χ3n) is 3.52. The summed E-state index contributed by atoms with van der Waals surface area (Å²) in [4.78, 5) is 17.8. The molecule has 0 fully saturated rings. The van der Waals surface area contributed by atoms with Crippen LogP contribution in [-0.4, -0.2) is 10.9 Å². The zero-order chi connectivity index (χ0) is 16.2. The first-order valence-corrected chi connectivity index (χ1v) is 8.32. The highest BCUT2D eigenvalue weighted by molar-refractivity contribution is 7.15. The second kappa shape index (κ2) is 6.75. The van der Waals surface area contributed by atoms with Crippen molar-refractivity contribution in [1.29, 1.82) is 0 Å². The van der Waals surface area contributed by atoms with Gasteiger partial charge in [0.1, 0.15) is 5.01 Å². The average Bonchev–Trinajstić information content (AvgIpc) is 2.91. The lowest BCUT2D eigenvalue weighted by Gasteiger charge is -2.04. The molecule has 4 heteroatoms. The summed E-state index contributed by atoms with van der Waals surface area (Å²) in [5, 5.41) is 3.75. The second-order valence-corrected chi connectivity index (χ2v) is 6.56. The molecule has 3 aromatic rings. The molecule has 3 rings (SSSR count). The lowest BCUT2D eigenvalue weighted by atomic mass is 10.2. The van der Waals surface area contributed by atoms with Gasteiger partial charge in [0.05, 0.1) is 17.0 Å². The lowest BCUT2D eigenvalue weighted by molar-refractivity contribution is -0.115. The summed E-state index contributed by atoms with van der Waals surface area (Å²) in [5.74, 6) is -0.0396. The molecule has 2 aromatic carbocycles. The van der Waals surface area contributed by atoms with Gasteiger partial charge in [-0.3, -0.25) is 4.79 Å². The smallest absolute Gasteiger partial charge is 0.231 e. The van der Waals surface area contributed by atoms with Gasteiger partial charge in [0.25, 0.3) is 0 Å². The van der Waals surface area contributed by atoms with Gasteiger partial charge in [-0.2, -0.15) is 0 Å². The minimum absolute atomic E-state index is 0.0396. The Bertz CT molecular complexity index is 807. The van der Waals surface area contributed by atoms with Crippen LogP contribution >= 0.6 is 11.3 Å². The van der Waals surface area contributed by atoms with Crippen LogP contribution in [0.1, 0.15) is 16.3 Å². The Hall–Kier alpha value is -2.46. The fourth-order valence-corrected chi connectivity index (χ4v) is 3.43. The Morgan fingerprint density at radius 1 is 1.04 bits per heavy atom. The van der Waals surface area contributed by atoms with E-state index in [2.05, 4.69) is 22.4 Å². The van der Waals surface area contributed by atoms with Crippen LogP contribution in [0.25, 0.3) is 10.4 Å². The zero-order valence-electron chi connectivity index (χ0n) is 13.2. The summed E-state index contributed by atoms with van der Waals surface area (Å²) >= 11 is 1.58. The molecule has 0 bridgehead atoms. The van der Waals surface area contributed by atoms with Gasteiger partial charge < -0.3 is 5.32 Å². The summed E-state index contributed by atoms with van der Waals surface area (Å²) in [6, 6.07) is 17.9. The van der Waals surface area contributed by atoms with Crippen LogP contribution in [-0.2, 0) is 11.2 Å². The molecular formula is C19H18N2OS. The maximum absolute atomic E-state index is 12.2. The highest BCUT2D eigenvalue weighted by atomic mass is 32.1. The van der Waals surface area contributed by atoms with Gasteiger partial charge in [0, 0.05) is 5.69 Å². The van der Waals surface area contributed by atoms with Crippen molar-refractivity contribution < 1.29 is 4.79 Å². The summed E-state index contributed by atoms with van der Waals surface area (Å²) in [7, 11) is 0. The second-order valence-electron chi connectivity index (χ2n) is 5.48. The number of thiazole rings is 1. The lowest BCUT2D eigenvalue weighted by Crippen LogP contribution is -2.14. The predicted octanol–water partition coefficient (Wildman–Crippen LogP) is 4.61. The van der Waals surface area contributed by atoms with E-state index in [1.54, 1.807) is 11.3 Å². The molecule has 0 saturated heterocycles. The SMILES string of the molecule is Cc1ccc(NC(=O)Cc2nc(C)c(-c3ccccc3)s2)cc1. The molecule has 0 spiro atoms. The number of benzene rings is 2. The van der Waals surface area contributed by atoms with Gasteiger partial charge in [-0.25, -0.2) is 4.98 Å². The molecule has 0 saturated carbocycles. The average molecular weight is 322 g/mol. The predicted molar refractivity (Wildman–Crippen MR) is 95.8 cm³/mol. The number of aromatic nitrogens is 1. The minimum atomic E-state index is -0.0396. The highest BCUT2D eigenvalue weighted by Crippen LogP contribution is 2.30. The monoisotopic (exact) mass is 322 g/mol. The molecule has 116 valence electrons. The van der Waals surface area contributed by atoms with Crippen LogP contribution in [0.4, 0.5) is 5.69 Å². The maximum Gasteiger partial charge on any atom is 0.231 e. The van der Waals surface area contributed by atoms with Crippen LogP contribution in [0.15, 0.2) is 54.6 Å². The standard InChI is InChI=1S/C19H18N2OS/c1-13-8-10-16(11-9-13)21-17(22)12-18-20-14(2)19(23-18)15-6-4-3-5-7-15/h3-11H,12H2,1-2H3,(H,21,22). The van der Waals surface area contributed by atoms with Crippen LogP contribution in [0.2, 0.25) is 0 Å². The van der Waals surface area contributed by atoms with E-state index in [0.717, 1.165) is 26.8 Å². The van der Waals surface area contributed by atoms with E-state index in [1.165, 1.54) is 5.56 Å². The molecule has 0 aliphatic heterocycles. The molecular weight excluding hydrogens is 304 g/mol. The van der Waals surface area contributed by atoms with E-state index in [1.807, 2.05) is 56.3 Å². The number of anilines is 1. The summed E-state index contributed by atoms with van der Waals surface area (Å²) < 4.78 is 0. The van der Waals surface area contributed by atoms with Crippen LogP contribution in [0.3, 0.4) is 0 Å². The van der Waals surface area contributed by atoms with E-state index in [0.29, 0.717) is 6.42 Å². The Morgan fingerprint density at radius 2 is 1.74 bits per heavy atom. The van der Waals surface area contributed by atoms with Crippen LogP contribution in [0, 0.1) is 13.8 Å².